The highest BCUT2D eigenvalue weighted by molar-refractivity contribution is 5.68. The Bertz CT molecular complexity index is 813. The lowest BCUT2D eigenvalue weighted by Crippen LogP contribution is -2.60. The molecular weight excluding hydrogens is 361 g/mol. The van der Waals surface area contributed by atoms with Gasteiger partial charge in [0.05, 0.1) is 24.3 Å². The minimum atomic E-state index is -0.515. The van der Waals surface area contributed by atoms with Crippen molar-refractivity contribution in [2.75, 3.05) is 32.8 Å². The standard InChI is InChI=1S/C21H28FN3O3/c1-13-8-16(14(2)17(9-23)19(13)22)18-11-24-6-7-25(10-15(24)12-27-18)20(26)28-21(3,4)5/h8,15,18H,6-7,10-12H2,1-5H3/t15-,18-/m1/s1. The Kier molecular flexibility index (Phi) is 5.64. The van der Waals surface area contributed by atoms with Crippen LogP contribution < -0.4 is 0 Å². The molecule has 2 aliphatic heterocycles. The third-order valence-electron chi connectivity index (χ3n) is 5.35. The summed E-state index contributed by atoms with van der Waals surface area (Å²) in [5.41, 5.74) is 1.54. The number of hydrogen-bond donors (Lipinski definition) is 0. The number of carbonyl (C=O) groups is 1. The Balaban J connectivity index is 1.70. The second-order valence-electron chi connectivity index (χ2n) is 8.61. The van der Waals surface area contributed by atoms with E-state index < -0.39 is 11.4 Å². The normalized spacial score (nSPS) is 23.1. The molecule has 3 rings (SSSR count). The van der Waals surface area contributed by atoms with Crippen LogP contribution in [0.25, 0.3) is 0 Å². The number of hydrogen-bond acceptors (Lipinski definition) is 5. The summed E-state index contributed by atoms with van der Waals surface area (Å²) in [6, 6.07) is 3.87. The molecular formula is C21H28FN3O3. The second kappa shape index (κ2) is 7.69. The van der Waals surface area contributed by atoms with E-state index in [-0.39, 0.29) is 23.8 Å². The van der Waals surface area contributed by atoms with Crippen LogP contribution in [0.2, 0.25) is 0 Å². The van der Waals surface area contributed by atoms with Crippen LogP contribution in [0.15, 0.2) is 6.07 Å². The van der Waals surface area contributed by atoms with Gasteiger partial charge in [0, 0.05) is 26.2 Å². The van der Waals surface area contributed by atoms with E-state index in [2.05, 4.69) is 4.90 Å². The summed E-state index contributed by atoms with van der Waals surface area (Å²) in [5.74, 6) is -0.455. The van der Waals surface area contributed by atoms with Crippen molar-refractivity contribution < 1.29 is 18.7 Å². The van der Waals surface area contributed by atoms with Gasteiger partial charge in [0.25, 0.3) is 0 Å². The fourth-order valence-corrected chi connectivity index (χ4v) is 3.84. The molecule has 1 aromatic carbocycles. The average Bonchev–Trinajstić information content (AvgIpc) is 2.63. The van der Waals surface area contributed by atoms with Crippen molar-refractivity contribution in [1.82, 2.24) is 9.80 Å². The van der Waals surface area contributed by atoms with E-state index in [4.69, 9.17) is 9.47 Å². The van der Waals surface area contributed by atoms with Gasteiger partial charge in [0.1, 0.15) is 17.5 Å². The molecule has 1 amide bonds. The molecule has 2 saturated heterocycles. The minimum Gasteiger partial charge on any atom is -0.444 e. The molecule has 2 aliphatic rings. The molecule has 6 nitrogen and oxygen atoms in total. The van der Waals surface area contributed by atoms with Crippen LogP contribution in [0.5, 0.6) is 0 Å². The smallest absolute Gasteiger partial charge is 0.410 e. The fraction of sp³-hybridized carbons (Fsp3) is 0.619. The highest BCUT2D eigenvalue weighted by Gasteiger charge is 2.37. The molecule has 28 heavy (non-hydrogen) atoms. The quantitative estimate of drug-likeness (QED) is 0.737. The first-order chi connectivity index (χ1) is 13.1. The van der Waals surface area contributed by atoms with Gasteiger partial charge in [0.2, 0.25) is 0 Å². The van der Waals surface area contributed by atoms with Crippen molar-refractivity contribution in [2.24, 2.45) is 0 Å². The number of amides is 1. The lowest BCUT2D eigenvalue weighted by molar-refractivity contribution is -0.0908. The van der Waals surface area contributed by atoms with Crippen molar-refractivity contribution in [3.05, 3.63) is 34.1 Å². The zero-order valence-corrected chi connectivity index (χ0v) is 17.2. The SMILES string of the molecule is Cc1cc([C@H]2CN3CCN(C(=O)OC(C)(C)C)C[C@@H]3CO2)c(C)c(C#N)c1F. The first kappa shape index (κ1) is 20.6. The lowest BCUT2D eigenvalue weighted by atomic mass is 9.94. The third-order valence-corrected chi connectivity index (χ3v) is 5.35. The van der Waals surface area contributed by atoms with E-state index in [9.17, 15) is 14.4 Å². The number of morpholine rings is 1. The fourth-order valence-electron chi connectivity index (χ4n) is 3.84. The average molecular weight is 389 g/mol. The van der Waals surface area contributed by atoms with Crippen LogP contribution in [0.1, 0.15) is 49.1 Å². The number of aryl methyl sites for hydroxylation is 1. The number of benzene rings is 1. The molecule has 0 radical (unpaired) electrons. The third kappa shape index (κ3) is 4.13. The lowest BCUT2D eigenvalue weighted by Gasteiger charge is -2.46. The Morgan fingerprint density at radius 1 is 1.32 bits per heavy atom. The van der Waals surface area contributed by atoms with Crippen molar-refractivity contribution >= 4 is 6.09 Å². The van der Waals surface area contributed by atoms with Gasteiger partial charge in [-0.25, -0.2) is 9.18 Å². The van der Waals surface area contributed by atoms with Gasteiger partial charge in [-0.3, -0.25) is 4.90 Å². The van der Waals surface area contributed by atoms with E-state index in [0.29, 0.717) is 37.4 Å². The van der Waals surface area contributed by atoms with Crippen LogP contribution in [-0.4, -0.2) is 60.3 Å². The predicted molar refractivity (Wildman–Crippen MR) is 102 cm³/mol. The van der Waals surface area contributed by atoms with E-state index in [1.807, 2.05) is 26.8 Å². The second-order valence-corrected chi connectivity index (χ2v) is 8.61. The number of halogens is 1. The van der Waals surface area contributed by atoms with Crippen molar-refractivity contribution in [3.63, 3.8) is 0 Å². The first-order valence-electron chi connectivity index (χ1n) is 9.64. The van der Waals surface area contributed by atoms with Gasteiger partial charge in [-0.05, 0) is 51.3 Å². The summed E-state index contributed by atoms with van der Waals surface area (Å²) in [7, 11) is 0. The Hall–Kier alpha value is -2.17. The van der Waals surface area contributed by atoms with Gasteiger partial charge in [-0.1, -0.05) is 6.07 Å². The molecule has 1 aromatic rings. The van der Waals surface area contributed by atoms with Crippen LogP contribution in [0.4, 0.5) is 9.18 Å². The summed E-state index contributed by atoms with van der Waals surface area (Å²) in [5, 5.41) is 9.31. The monoisotopic (exact) mass is 389 g/mol. The van der Waals surface area contributed by atoms with E-state index in [0.717, 1.165) is 12.1 Å². The van der Waals surface area contributed by atoms with Gasteiger partial charge in [-0.2, -0.15) is 5.26 Å². The molecule has 0 N–H and O–H groups in total. The number of nitrogens with zero attached hydrogens (tertiary/aromatic N) is 3. The van der Waals surface area contributed by atoms with Crippen LogP contribution >= 0.6 is 0 Å². The summed E-state index contributed by atoms with van der Waals surface area (Å²) >= 11 is 0. The molecule has 0 saturated carbocycles. The Morgan fingerprint density at radius 3 is 2.68 bits per heavy atom. The summed E-state index contributed by atoms with van der Waals surface area (Å²) < 4.78 is 25.8. The molecule has 0 bridgehead atoms. The highest BCUT2D eigenvalue weighted by atomic mass is 19.1. The summed E-state index contributed by atoms with van der Waals surface area (Å²) in [4.78, 5) is 16.4. The van der Waals surface area contributed by atoms with Crippen LogP contribution in [0, 0.1) is 31.0 Å². The molecule has 0 spiro atoms. The van der Waals surface area contributed by atoms with Crippen molar-refractivity contribution in [2.45, 2.75) is 52.4 Å². The van der Waals surface area contributed by atoms with Gasteiger partial charge in [-0.15, -0.1) is 0 Å². The molecule has 0 aliphatic carbocycles. The molecule has 2 heterocycles. The Labute approximate surface area is 165 Å². The molecule has 0 aromatic heterocycles. The maximum absolute atomic E-state index is 14.2. The van der Waals surface area contributed by atoms with Crippen molar-refractivity contribution in [1.29, 1.82) is 5.26 Å². The highest BCUT2D eigenvalue weighted by Crippen LogP contribution is 2.32. The van der Waals surface area contributed by atoms with Crippen molar-refractivity contribution in [3.8, 4) is 6.07 Å². The molecule has 0 unspecified atom stereocenters. The number of fused-ring (bicyclic) bond motifs is 1. The number of rotatable bonds is 1. The van der Waals surface area contributed by atoms with E-state index in [1.54, 1.807) is 24.8 Å². The number of ether oxygens (including phenoxy) is 2. The number of nitriles is 1. The molecule has 2 fully saturated rings. The topological polar surface area (TPSA) is 65.8 Å². The number of piperazine rings is 1. The van der Waals surface area contributed by atoms with Gasteiger partial charge < -0.3 is 14.4 Å². The zero-order chi connectivity index (χ0) is 20.6. The minimum absolute atomic E-state index is 0.0930. The van der Waals surface area contributed by atoms with E-state index in [1.165, 1.54) is 0 Å². The van der Waals surface area contributed by atoms with Gasteiger partial charge >= 0.3 is 6.09 Å². The van der Waals surface area contributed by atoms with Crippen LogP contribution in [0.3, 0.4) is 0 Å². The zero-order valence-electron chi connectivity index (χ0n) is 17.2. The predicted octanol–water partition coefficient (Wildman–Crippen LogP) is 3.31. The van der Waals surface area contributed by atoms with Crippen LogP contribution in [-0.2, 0) is 9.47 Å². The number of carbonyl (C=O) groups excluding carboxylic acids is 1. The molecule has 2 atom stereocenters. The largest absolute Gasteiger partial charge is 0.444 e. The van der Waals surface area contributed by atoms with Gasteiger partial charge in [0.15, 0.2) is 0 Å². The summed E-state index contributed by atoms with van der Waals surface area (Å²) in [6.07, 6.45) is -0.506. The Morgan fingerprint density at radius 2 is 2.04 bits per heavy atom. The molecule has 7 heteroatoms. The summed E-state index contributed by atoms with van der Waals surface area (Å²) in [6.45, 7) is 12.0. The maximum atomic E-state index is 14.2. The maximum Gasteiger partial charge on any atom is 0.410 e. The first-order valence-corrected chi connectivity index (χ1v) is 9.64. The van der Waals surface area contributed by atoms with E-state index >= 15 is 0 Å². The molecule has 152 valence electrons.